The summed E-state index contributed by atoms with van der Waals surface area (Å²) in [7, 11) is -9.96. The second-order valence-corrected chi connectivity index (χ2v) is 28.8. The summed E-state index contributed by atoms with van der Waals surface area (Å²) >= 11 is 0. The molecule has 3 N–H and O–H groups in total. The molecule has 0 heterocycles. The highest BCUT2D eigenvalue weighted by molar-refractivity contribution is 7.47. The normalized spacial score (nSPS) is 14.5. The van der Waals surface area contributed by atoms with Crippen LogP contribution in [0.15, 0.2) is 109 Å². The molecule has 0 aliphatic heterocycles. The average molecular weight is 1450 g/mol. The van der Waals surface area contributed by atoms with E-state index in [2.05, 4.69) is 137 Å². The zero-order chi connectivity index (χ0) is 73.2. The van der Waals surface area contributed by atoms with Crippen molar-refractivity contribution in [2.45, 2.75) is 341 Å². The molecule has 0 spiro atoms. The van der Waals surface area contributed by atoms with Crippen molar-refractivity contribution >= 4 is 39.5 Å². The monoisotopic (exact) mass is 1450 g/mol. The number of phosphoric acid groups is 2. The van der Waals surface area contributed by atoms with Crippen molar-refractivity contribution in [1.29, 1.82) is 0 Å². The van der Waals surface area contributed by atoms with Gasteiger partial charge in [0.1, 0.15) is 19.3 Å². The zero-order valence-corrected chi connectivity index (χ0v) is 64.6. The Hall–Kier alpha value is -4.28. The van der Waals surface area contributed by atoms with Gasteiger partial charge in [-0.2, -0.15) is 0 Å². The minimum atomic E-state index is -4.99. The minimum Gasteiger partial charge on any atom is -0.462 e. The molecule has 100 heavy (non-hydrogen) atoms. The van der Waals surface area contributed by atoms with Gasteiger partial charge in [-0.25, -0.2) is 9.13 Å². The van der Waals surface area contributed by atoms with Gasteiger partial charge in [0, 0.05) is 25.7 Å². The predicted molar refractivity (Wildman–Crippen MR) is 408 cm³/mol. The molecule has 0 saturated carbocycles. The lowest BCUT2D eigenvalue weighted by Gasteiger charge is -2.21. The van der Waals surface area contributed by atoms with Crippen LogP contribution in [0, 0.1) is 0 Å². The maximum Gasteiger partial charge on any atom is 0.472 e. The summed E-state index contributed by atoms with van der Waals surface area (Å²) in [5.41, 5.74) is 0. The van der Waals surface area contributed by atoms with E-state index in [1.807, 2.05) is 0 Å². The Kier molecular flexibility index (Phi) is 69.9. The van der Waals surface area contributed by atoms with Crippen molar-refractivity contribution in [2.75, 3.05) is 39.6 Å². The molecule has 0 bridgehead atoms. The minimum absolute atomic E-state index is 0.0623. The second-order valence-electron chi connectivity index (χ2n) is 25.9. The van der Waals surface area contributed by atoms with E-state index in [-0.39, 0.29) is 25.7 Å². The molecular weight excluding hydrogens is 1310 g/mol. The Morgan fingerprint density at radius 1 is 0.290 bits per heavy atom. The number of allylic oxidation sites excluding steroid dienone is 18. The van der Waals surface area contributed by atoms with Gasteiger partial charge >= 0.3 is 39.5 Å². The fraction of sp³-hybridized carbons (Fsp3) is 0.728. The molecule has 5 atom stereocenters. The van der Waals surface area contributed by atoms with Crippen LogP contribution < -0.4 is 0 Å². The molecule has 0 aliphatic carbocycles. The average Bonchev–Trinajstić information content (AvgIpc) is 1.05. The number of unbranched alkanes of at least 4 members (excludes halogenated alkanes) is 29. The lowest BCUT2D eigenvalue weighted by atomic mass is 10.1. The fourth-order valence-electron chi connectivity index (χ4n) is 10.2. The van der Waals surface area contributed by atoms with Crippen LogP contribution in [-0.2, 0) is 65.4 Å². The van der Waals surface area contributed by atoms with E-state index in [0.29, 0.717) is 25.7 Å². The Morgan fingerprint density at radius 2 is 0.530 bits per heavy atom. The van der Waals surface area contributed by atoms with Crippen LogP contribution in [0.2, 0.25) is 0 Å². The number of carbonyl (C=O) groups excluding carboxylic acids is 4. The summed E-state index contributed by atoms with van der Waals surface area (Å²) in [5.74, 6) is -2.23. The van der Waals surface area contributed by atoms with Gasteiger partial charge in [-0.1, -0.05) is 259 Å². The van der Waals surface area contributed by atoms with Crippen LogP contribution in [-0.4, -0.2) is 96.7 Å². The highest BCUT2D eigenvalue weighted by atomic mass is 31.2. The highest BCUT2D eigenvalue weighted by Gasteiger charge is 2.30. The maximum atomic E-state index is 13.1. The molecule has 19 heteroatoms. The zero-order valence-electron chi connectivity index (χ0n) is 62.8. The summed E-state index contributed by atoms with van der Waals surface area (Å²) in [6.45, 7) is 4.63. The Balaban J connectivity index is 5.37. The molecule has 0 saturated heterocycles. The van der Waals surface area contributed by atoms with Crippen molar-refractivity contribution < 1.29 is 80.2 Å². The summed E-state index contributed by atoms with van der Waals surface area (Å²) < 4.78 is 68.5. The number of rotatable bonds is 73. The van der Waals surface area contributed by atoms with Crippen LogP contribution in [0.1, 0.15) is 323 Å². The van der Waals surface area contributed by atoms with Crippen molar-refractivity contribution in [2.24, 2.45) is 0 Å². The molecule has 0 fully saturated rings. The van der Waals surface area contributed by atoms with E-state index in [1.165, 1.54) is 57.8 Å². The predicted octanol–water partition coefficient (Wildman–Crippen LogP) is 22.6. The number of phosphoric ester groups is 2. The molecule has 0 aliphatic rings. The molecule has 0 amide bonds. The van der Waals surface area contributed by atoms with Gasteiger partial charge in [-0.15, -0.1) is 0 Å². The third kappa shape index (κ3) is 72.1. The number of esters is 4. The standard InChI is InChI=1S/C81H140O17P2/c1-5-9-13-17-21-25-29-32-34-36-37-39-40-43-47-50-54-58-62-66-79(84)92-72-77(98-81(86)68-64-60-56-52-48-44-41-38-35-33-30-26-22-18-14-10-6-2)74-96-100(89,90)94-70-75(82)69-93-99(87,88)95-73-76(97-80(85)67-63-59-55-51-45-28-24-20-16-12-8-4)71-91-78(83)65-61-57-53-49-46-42-31-27-23-19-15-11-7-3/h10,14,20-22,24-27,31-35,37,39,41,44,75-77,82H,5-9,11-13,15-19,23,28-30,36,38,40,42-43,45-74H2,1-4H3,(H,87,88)(H,89,90)/b14-10-,24-20-,25-21-,26-22-,31-27-,34-32-,35-33-,39-37-,44-41-. The molecular formula is C81H140O17P2. The van der Waals surface area contributed by atoms with Crippen LogP contribution >= 0.6 is 15.6 Å². The number of hydrogen-bond donors (Lipinski definition) is 3. The summed E-state index contributed by atoms with van der Waals surface area (Å²) in [6, 6.07) is 0. The van der Waals surface area contributed by atoms with Gasteiger partial charge in [-0.3, -0.25) is 37.3 Å². The molecule has 0 aromatic heterocycles. The van der Waals surface area contributed by atoms with Crippen molar-refractivity contribution in [1.82, 2.24) is 0 Å². The van der Waals surface area contributed by atoms with Gasteiger partial charge < -0.3 is 33.8 Å². The molecule has 0 aromatic carbocycles. The van der Waals surface area contributed by atoms with Crippen LogP contribution in [0.5, 0.6) is 0 Å². The van der Waals surface area contributed by atoms with E-state index in [1.54, 1.807) is 0 Å². The first-order valence-electron chi connectivity index (χ1n) is 39.1. The first-order valence-corrected chi connectivity index (χ1v) is 42.1. The second kappa shape index (κ2) is 73.0. The summed E-state index contributed by atoms with van der Waals surface area (Å²) in [6.07, 6.45) is 77.9. The number of carbonyl (C=O) groups is 4. The smallest absolute Gasteiger partial charge is 0.462 e. The van der Waals surface area contributed by atoms with Crippen LogP contribution in [0.25, 0.3) is 0 Å². The molecule has 576 valence electrons. The van der Waals surface area contributed by atoms with E-state index in [0.717, 1.165) is 186 Å². The topological polar surface area (TPSA) is 237 Å². The Labute approximate surface area is 607 Å². The van der Waals surface area contributed by atoms with Gasteiger partial charge in [0.25, 0.3) is 0 Å². The van der Waals surface area contributed by atoms with E-state index < -0.39 is 97.5 Å². The number of aliphatic hydroxyl groups is 1. The number of hydrogen-bond acceptors (Lipinski definition) is 15. The van der Waals surface area contributed by atoms with Crippen LogP contribution in [0.4, 0.5) is 0 Å². The fourth-order valence-corrected chi connectivity index (χ4v) is 11.8. The Bertz CT molecular complexity index is 2320. The van der Waals surface area contributed by atoms with Gasteiger partial charge in [0.15, 0.2) is 12.2 Å². The molecule has 0 aromatic rings. The molecule has 17 nitrogen and oxygen atoms in total. The van der Waals surface area contributed by atoms with Crippen LogP contribution in [0.3, 0.4) is 0 Å². The van der Waals surface area contributed by atoms with Crippen molar-refractivity contribution in [3.8, 4) is 0 Å². The number of aliphatic hydroxyl groups excluding tert-OH is 1. The summed E-state index contributed by atoms with van der Waals surface area (Å²) in [4.78, 5) is 72.9. The summed E-state index contributed by atoms with van der Waals surface area (Å²) in [5, 5.41) is 10.6. The van der Waals surface area contributed by atoms with Gasteiger partial charge in [0.2, 0.25) is 0 Å². The molecule has 5 unspecified atom stereocenters. The third-order valence-electron chi connectivity index (χ3n) is 16.2. The van der Waals surface area contributed by atoms with Crippen molar-refractivity contribution in [3.63, 3.8) is 0 Å². The number of ether oxygens (including phenoxy) is 4. The maximum absolute atomic E-state index is 13.1. The lowest BCUT2D eigenvalue weighted by molar-refractivity contribution is -0.161. The first-order chi connectivity index (χ1) is 48.7. The van der Waals surface area contributed by atoms with E-state index in [9.17, 15) is 43.2 Å². The van der Waals surface area contributed by atoms with Gasteiger partial charge in [-0.05, 0) is 148 Å². The lowest BCUT2D eigenvalue weighted by Crippen LogP contribution is -2.30. The quantitative estimate of drug-likeness (QED) is 0.0169. The Morgan fingerprint density at radius 3 is 0.860 bits per heavy atom. The molecule has 0 radical (unpaired) electrons. The van der Waals surface area contributed by atoms with Gasteiger partial charge in [0.05, 0.1) is 26.4 Å². The van der Waals surface area contributed by atoms with E-state index >= 15 is 0 Å². The highest BCUT2D eigenvalue weighted by Crippen LogP contribution is 2.45. The first kappa shape index (κ1) is 95.7. The SMILES string of the molecule is CC/C=C\C/C=C\C/C=C\C/C=C\CCCCCCC(=O)OC(COC(=O)CCCCCCCC/C=C\C/C=C\C/C=C\CCCCC)COP(=O)(O)OCC(O)COP(=O)(O)OCC(COC(=O)CCCCCCC/C=C\CCCCCC)OC(=O)CCCCCCC/C=C\CCCC. The van der Waals surface area contributed by atoms with E-state index in [4.69, 9.17) is 37.0 Å². The largest absolute Gasteiger partial charge is 0.472 e. The molecule has 0 rings (SSSR count). The van der Waals surface area contributed by atoms with Crippen molar-refractivity contribution in [3.05, 3.63) is 109 Å². The third-order valence-corrected chi connectivity index (χ3v) is 18.1.